The van der Waals surface area contributed by atoms with Gasteiger partial charge in [0.15, 0.2) is 6.39 Å². The standard InChI is InChI=1S/C14H27N2O9P/c1-4-24-26(22,25-5-2)13-14(23-8-15-13)16(3)6-9(18)11(20)12(21)10(19)7-17/h8-12,17-21H,4-7H2,1-3H3/t9-,10-,11-,12+/m0/s1. The Morgan fingerprint density at radius 3 is 2.19 bits per heavy atom. The summed E-state index contributed by atoms with van der Waals surface area (Å²) >= 11 is 0. The minimum Gasteiger partial charge on any atom is -0.427 e. The molecule has 0 radical (unpaired) electrons. The first kappa shape index (κ1) is 23.0. The van der Waals surface area contributed by atoms with Gasteiger partial charge in [0.05, 0.1) is 19.8 Å². The highest BCUT2D eigenvalue weighted by atomic mass is 31.2. The molecule has 1 heterocycles. The van der Waals surface area contributed by atoms with Crippen molar-refractivity contribution in [2.75, 3.05) is 38.3 Å². The third kappa shape index (κ3) is 5.48. The first-order valence-corrected chi connectivity index (χ1v) is 9.63. The van der Waals surface area contributed by atoms with Crippen LogP contribution in [-0.4, -0.2) is 88.3 Å². The van der Waals surface area contributed by atoms with Gasteiger partial charge in [0, 0.05) is 13.6 Å². The molecule has 1 aromatic heterocycles. The van der Waals surface area contributed by atoms with Crippen LogP contribution >= 0.6 is 7.60 Å². The molecule has 0 bridgehead atoms. The summed E-state index contributed by atoms with van der Waals surface area (Å²) in [5.74, 6) is -0.00122. The van der Waals surface area contributed by atoms with E-state index in [0.717, 1.165) is 6.39 Å². The average Bonchev–Trinajstić information content (AvgIpc) is 3.10. The Labute approximate surface area is 151 Å². The summed E-state index contributed by atoms with van der Waals surface area (Å²) in [5.41, 5.74) is -0.0821. The lowest BCUT2D eigenvalue weighted by Crippen LogP contribution is -2.49. The number of anilines is 1. The number of aliphatic hydroxyl groups is 5. The molecule has 0 amide bonds. The Balaban J connectivity index is 2.94. The van der Waals surface area contributed by atoms with Crippen LogP contribution in [0, 0.1) is 0 Å². The summed E-state index contributed by atoms with van der Waals surface area (Å²) in [7, 11) is -2.27. The van der Waals surface area contributed by atoms with E-state index in [0.29, 0.717) is 0 Å². The Hall–Kier alpha value is -1.04. The highest BCUT2D eigenvalue weighted by molar-refractivity contribution is 7.62. The smallest absolute Gasteiger partial charge is 0.385 e. The molecule has 0 spiro atoms. The quantitative estimate of drug-likeness (QED) is 0.258. The fourth-order valence-electron chi connectivity index (χ4n) is 2.22. The second-order valence-electron chi connectivity index (χ2n) is 5.49. The van der Waals surface area contributed by atoms with Gasteiger partial charge in [0.2, 0.25) is 11.3 Å². The molecule has 12 heteroatoms. The maximum Gasteiger partial charge on any atom is 0.385 e. The van der Waals surface area contributed by atoms with E-state index in [4.69, 9.17) is 18.6 Å². The minimum atomic E-state index is -3.74. The molecule has 4 atom stereocenters. The first-order valence-electron chi connectivity index (χ1n) is 8.09. The largest absolute Gasteiger partial charge is 0.427 e. The van der Waals surface area contributed by atoms with Gasteiger partial charge in [0.25, 0.3) is 0 Å². The summed E-state index contributed by atoms with van der Waals surface area (Å²) < 4.78 is 28.5. The van der Waals surface area contributed by atoms with Gasteiger partial charge in [-0.05, 0) is 13.8 Å². The number of hydrogen-bond acceptors (Lipinski definition) is 11. The van der Waals surface area contributed by atoms with E-state index >= 15 is 0 Å². The summed E-state index contributed by atoms with van der Waals surface area (Å²) in [4.78, 5) is 5.19. The fraction of sp³-hybridized carbons (Fsp3) is 0.786. The summed E-state index contributed by atoms with van der Waals surface area (Å²) in [6.45, 7) is 2.46. The van der Waals surface area contributed by atoms with Crippen LogP contribution in [0.25, 0.3) is 0 Å². The van der Waals surface area contributed by atoms with E-state index in [-0.39, 0.29) is 31.1 Å². The van der Waals surface area contributed by atoms with Crippen molar-refractivity contribution in [2.24, 2.45) is 0 Å². The molecule has 0 aliphatic heterocycles. The van der Waals surface area contributed by atoms with Crippen LogP contribution in [0.15, 0.2) is 10.8 Å². The van der Waals surface area contributed by atoms with Gasteiger partial charge in [-0.3, -0.25) is 4.57 Å². The molecule has 26 heavy (non-hydrogen) atoms. The predicted molar refractivity (Wildman–Crippen MR) is 91.4 cm³/mol. The number of nitrogens with zero attached hydrogens (tertiary/aromatic N) is 2. The van der Waals surface area contributed by atoms with Crippen molar-refractivity contribution in [1.82, 2.24) is 4.98 Å². The lowest BCUT2D eigenvalue weighted by atomic mass is 10.0. The number of likely N-dealkylation sites (N-methyl/N-ethyl adjacent to an activating group) is 1. The normalized spacial score (nSPS) is 16.9. The molecule has 0 saturated carbocycles. The molecule has 1 rings (SSSR count). The third-order valence-corrected chi connectivity index (χ3v) is 5.54. The molecule has 0 aliphatic rings. The van der Waals surface area contributed by atoms with Crippen molar-refractivity contribution in [3.05, 3.63) is 6.39 Å². The van der Waals surface area contributed by atoms with Crippen LogP contribution in [0.4, 0.5) is 5.88 Å². The van der Waals surface area contributed by atoms with Crippen LogP contribution in [0.3, 0.4) is 0 Å². The number of oxazole rings is 1. The SMILES string of the molecule is CCOP(=O)(OCC)c1ncoc1N(C)C[C@H](O)[C@H](O)[C@H](O)[C@@H](O)CO. The zero-order valence-electron chi connectivity index (χ0n) is 14.9. The Morgan fingerprint density at radius 1 is 1.15 bits per heavy atom. The zero-order valence-corrected chi connectivity index (χ0v) is 15.8. The van der Waals surface area contributed by atoms with Crippen molar-refractivity contribution in [3.63, 3.8) is 0 Å². The van der Waals surface area contributed by atoms with Crippen molar-refractivity contribution >= 4 is 18.9 Å². The van der Waals surface area contributed by atoms with Gasteiger partial charge in [-0.15, -0.1) is 0 Å². The van der Waals surface area contributed by atoms with Gasteiger partial charge < -0.3 is 43.9 Å². The minimum absolute atomic E-state index is 0.00122. The Kier molecular flexibility index (Phi) is 9.14. The molecular formula is C14H27N2O9P. The van der Waals surface area contributed by atoms with Crippen molar-refractivity contribution < 1.29 is 43.6 Å². The van der Waals surface area contributed by atoms with E-state index in [2.05, 4.69) is 4.98 Å². The average molecular weight is 398 g/mol. The fourth-order valence-corrected chi connectivity index (χ4v) is 3.86. The highest BCUT2D eigenvalue weighted by Gasteiger charge is 2.37. The molecule has 11 nitrogen and oxygen atoms in total. The molecule has 0 fully saturated rings. The van der Waals surface area contributed by atoms with Crippen LogP contribution in [0.5, 0.6) is 0 Å². The van der Waals surface area contributed by atoms with Gasteiger partial charge in [-0.25, -0.2) is 4.98 Å². The van der Waals surface area contributed by atoms with Crippen LogP contribution in [0.2, 0.25) is 0 Å². The van der Waals surface area contributed by atoms with Crippen LogP contribution in [-0.2, 0) is 13.6 Å². The van der Waals surface area contributed by atoms with E-state index in [1.165, 1.54) is 11.9 Å². The first-order chi connectivity index (χ1) is 12.2. The summed E-state index contributed by atoms with van der Waals surface area (Å²) in [5, 5.41) is 47.8. The Bertz CT molecular complexity index is 575. The van der Waals surface area contributed by atoms with E-state index in [9.17, 15) is 25.0 Å². The zero-order chi connectivity index (χ0) is 19.9. The topological polar surface area (TPSA) is 166 Å². The van der Waals surface area contributed by atoms with Gasteiger partial charge in [-0.2, -0.15) is 0 Å². The lowest BCUT2D eigenvalue weighted by molar-refractivity contribution is -0.112. The maximum atomic E-state index is 12.9. The monoisotopic (exact) mass is 398 g/mol. The van der Waals surface area contributed by atoms with E-state index in [1.54, 1.807) is 13.8 Å². The molecule has 0 aromatic carbocycles. The molecular weight excluding hydrogens is 371 g/mol. The summed E-state index contributed by atoms with van der Waals surface area (Å²) in [6.07, 6.45) is -5.58. The van der Waals surface area contributed by atoms with Gasteiger partial charge in [0.1, 0.15) is 24.4 Å². The van der Waals surface area contributed by atoms with Gasteiger partial charge >= 0.3 is 7.60 Å². The number of aliphatic hydroxyl groups excluding tert-OH is 5. The third-order valence-electron chi connectivity index (χ3n) is 3.52. The highest BCUT2D eigenvalue weighted by Crippen LogP contribution is 2.48. The second-order valence-corrected chi connectivity index (χ2v) is 7.43. The van der Waals surface area contributed by atoms with E-state index < -0.39 is 38.6 Å². The number of aromatic nitrogens is 1. The molecule has 0 unspecified atom stereocenters. The van der Waals surface area contributed by atoms with Crippen molar-refractivity contribution in [2.45, 2.75) is 38.3 Å². The lowest BCUT2D eigenvalue weighted by Gasteiger charge is -2.28. The number of rotatable bonds is 12. The molecule has 1 aromatic rings. The second kappa shape index (κ2) is 10.3. The van der Waals surface area contributed by atoms with Crippen molar-refractivity contribution in [1.29, 1.82) is 0 Å². The maximum absolute atomic E-state index is 12.9. The van der Waals surface area contributed by atoms with E-state index in [1.807, 2.05) is 0 Å². The predicted octanol–water partition coefficient (Wildman–Crippen LogP) is -1.56. The van der Waals surface area contributed by atoms with Crippen LogP contribution in [0.1, 0.15) is 13.8 Å². The molecule has 0 saturated heterocycles. The molecule has 5 N–H and O–H groups in total. The molecule has 0 aliphatic carbocycles. The van der Waals surface area contributed by atoms with Crippen LogP contribution < -0.4 is 10.3 Å². The van der Waals surface area contributed by atoms with Gasteiger partial charge in [-0.1, -0.05) is 0 Å². The number of hydrogen-bond donors (Lipinski definition) is 5. The summed E-state index contributed by atoms with van der Waals surface area (Å²) in [6, 6.07) is 0. The Morgan fingerprint density at radius 2 is 1.69 bits per heavy atom. The molecule has 152 valence electrons. The van der Waals surface area contributed by atoms with Crippen molar-refractivity contribution in [3.8, 4) is 0 Å².